The van der Waals surface area contributed by atoms with E-state index in [1.165, 1.54) is 6.92 Å². The molecule has 0 bridgehead atoms. The summed E-state index contributed by atoms with van der Waals surface area (Å²) < 4.78 is 14.6. The van der Waals surface area contributed by atoms with Gasteiger partial charge in [0.25, 0.3) is 0 Å². The molecule has 0 aliphatic heterocycles. The van der Waals surface area contributed by atoms with Gasteiger partial charge in [-0.15, -0.1) is 0 Å². The lowest BCUT2D eigenvalue weighted by atomic mass is 9.81. The summed E-state index contributed by atoms with van der Waals surface area (Å²) >= 11 is 0. The molecule has 0 heterocycles. The van der Waals surface area contributed by atoms with Crippen LogP contribution in [0.15, 0.2) is 0 Å². The molecule has 0 aliphatic rings. The third kappa shape index (κ3) is 4.71. The summed E-state index contributed by atoms with van der Waals surface area (Å²) in [4.78, 5) is 47.9. The number of carbonyl (C=O) groups excluding carboxylic acids is 4. The molecule has 126 valence electrons. The summed E-state index contributed by atoms with van der Waals surface area (Å²) in [6.45, 7) is 7.05. The SMILES string of the molecule is CCOC(=O)C(NC(C)=O)C(C)(C(=O)OCC)C(=O)OCC. The Kier molecular flexibility index (Phi) is 8.14. The van der Waals surface area contributed by atoms with E-state index in [9.17, 15) is 19.2 Å². The van der Waals surface area contributed by atoms with E-state index in [2.05, 4.69) is 5.32 Å². The van der Waals surface area contributed by atoms with Crippen molar-refractivity contribution in [1.29, 1.82) is 0 Å². The number of nitrogens with one attached hydrogen (secondary N) is 1. The maximum absolute atomic E-state index is 12.2. The zero-order chi connectivity index (χ0) is 17.3. The Morgan fingerprint density at radius 2 is 1.32 bits per heavy atom. The first-order valence-electron chi connectivity index (χ1n) is 7.03. The Balaban J connectivity index is 5.81. The molecule has 8 heteroatoms. The molecule has 0 aromatic rings. The van der Waals surface area contributed by atoms with E-state index in [-0.39, 0.29) is 19.8 Å². The first-order chi connectivity index (χ1) is 10.2. The lowest BCUT2D eigenvalue weighted by Gasteiger charge is -2.31. The van der Waals surface area contributed by atoms with Crippen LogP contribution < -0.4 is 5.32 Å². The minimum absolute atomic E-state index is 0.00342. The van der Waals surface area contributed by atoms with Gasteiger partial charge in [0, 0.05) is 6.92 Å². The second-order valence-electron chi connectivity index (χ2n) is 4.53. The van der Waals surface area contributed by atoms with Gasteiger partial charge in [0.2, 0.25) is 5.91 Å². The van der Waals surface area contributed by atoms with Crippen molar-refractivity contribution in [3.8, 4) is 0 Å². The standard InChI is InChI=1S/C14H23NO7/c1-6-20-11(17)10(15-9(4)16)14(5,12(18)21-7-2)13(19)22-8-3/h10H,6-8H2,1-5H3,(H,15,16). The van der Waals surface area contributed by atoms with Crippen LogP contribution in [-0.2, 0) is 33.4 Å². The normalized spacial score (nSPS) is 12.0. The number of ether oxygens (including phenoxy) is 3. The van der Waals surface area contributed by atoms with Gasteiger partial charge >= 0.3 is 17.9 Å². The van der Waals surface area contributed by atoms with E-state index in [0.29, 0.717) is 0 Å². The molecule has 0 rings (SSSR count). The van der Waals surface area contributed by atoms with Crippen LogP contribution in [0.5, 0.6) is 0 Å². The second kappa shape index (κ2) is 9.01. The van der Waals surface area contributed by atoms with E-state index in [0.717, 1.165) is 6.92 Å². The molecule has 1 amide bonds. The first-order valence-corrected chi connectivity index (χ1v) is 7.03. The van der Waals surface area contributed by atoms with Crippen molar-refractivity contribution in [2.24, 2.45) is 5.41 Å². The largest absolute Gasteiger partial charge is 0.465 e. The Morgan fingerprint density at radius 1 is 0.909 bits per heavy atom. The summed E-state index contributed by atoms with van der Waals surface area (Å²) in [7, 11) is 0. The molecule has 0 aromatic heterocycles. The predicted octanol–water partition coefficient (Wildman–Crippen LogP) is 0.187. The van der Waals surface area contributed by atoms with E-state index in [1.807, 2.05) is 0 Å². The average Bonchev–Trinajstić information content (AvgIpc) is 2.44. The first kappa shape index (κ1) is 19.9. The monoisotopic (exact) mass is 317 g/mol. The molecule has 0 aliphatic carbocycles. The van der Waals surface area contributed by atoms with Crippen LogP contribution in [0.4, 0.5) is 0 Å². The molecule has 0 saturated heterocycles. The van der Waals surface area contributed by atoms with Crippen molar-refractivity contribution in [3.05, 3.63) is 0 Å². The number of hydrogen-bond acceptors (Lipinski definition) is 7. The fraction of sp³-hybridized carbons (Fsp3) is 0.714. The molecule has 0 aromatic carbocycles. The smallest absolute Gasteiger partial charge is 0.330 e. The molecule has 22 heavy (non-hydrogen) atoms. The van der Waals surface area contributed by atoms with Gasteiger partial charge in [-0.3, -0.25) is 14.4 Å². The van der Waals surface area contributed by atoms with Crippen LogP contribution in [0.25, 0.3) is 0 Å². The third-order valence-corrected chi connectivity index (χ3v) is 2.85. The highest BCUT2D eigenvalue weighted by Gasteiger charge is 2.55. The lowest BCUT2D eigenvalue weighted by Crippen LogP contribution is -2.59. The maximum atomic E-state index is 12.2. The predicted molar refractivity (Wildman–Crippen MR) is 75.6 cm³/mol. The number of hydrogen-bond donors (Lipinski definition) is 1. The minimum atomic E-state index is -2.04. The Hall–Kier alpha value is -2.12. The second-order valence-corrected chi connectivity index (χ2v) is 4.53. The van der Waals surface area contributed by atoms with E-state index < -0.39 is 35.3 Å². The quantitative estimate of drug-likeness (QED) is 0.386. The van der Waals surface area contributed by atoms with Crippen molar-refractivity contribution < 1.29 is 33.4 Å². The summed E-state index contributed by atoms with van der Waals surface area (Å²) in [5.74, 6) is -3.46. The number of esters is 3. The van der Waals surface area contributed by atoms with Crippen molar-refractivity contribution in [2.45, 2.75) is 40.7 Å². The average molecular weight is 317 g/mol. The van der Waals surface area contributed by atoms with Crippen molar-refractivity contribution in [3.63, 3.8) is 0 Å². The zero-order valence-corrected chi connectivity index (χ0v) is 13.6. The van der Waals surface area contributed by atoms with Gasteiger partial charge in [0.05, 0.1) is 19.8 Å². The fourth-order valence-corrected chi connectivity index (χ4v) is 1.75. The van der Waals surface area contributed by atoms with Crippen molar-refractivity contribution >= 4 is 23.8 Å². The highest BCUT2D eigenvalue weighted by molar-refractivity contribution is 6.06. The molecule has 1 unspecified atom stereocenters. The molecule has 0 saturated carbocycles. The molecule has 1 atom stereocenters. The van der Waals surface area contributed by atoms with Crippen LogP contribution in [0.3, 0.4) is 0 Å². The molecule has 0 fully saturated rings. The van der Waals surface area contributed by atoms with Gasteiger partial charge in [-0.25, -0.2) is 4.79 Å². The van der Waals surface area contributed by atoms with E-state index >= 15 is 0 Å². The molecule has 0 spiro atoms. The van der Waals surface area contributed by atoms with Gasteiger partial charge in [0.1, 0.15) is 0 Å². The van der Waals surface area contributed by atoms with E-state index in [4.69, 9.17) is 14.2 Å². The number of amides is 1. The van der Waals surface area contributed by atoms with Gasteiger partial charge < -0.3 is 19.5 Å². The number of rotatable bonds is 8. The van der Waals surface area contributed by atoms with Gasteiger partial charge in [0.15, 0.2) is 11.5 Å². The third-order valence-electron chi connectivity index (χ3n) is 2.85. The lowest BCUT2D eigenvalue weighted by molar-refractivity contribution is -0.178. The van der Waals surface area contributed by atoms with Crippen molar-refractivity contribution in [2.75, 3.05) is 19.8 Å². The Bertz CT molecular complexity index is 415. The zero-order valence-electron chi connectivity index (χ0n) is 13.6. The molecular formula is C14H23NO7. The minimum Gasteiger partial charge on any atom is -0.465 e. The van der Waals surface area contributed by atoms with Crippen LogP contribution in [-0.4, -0.2) is 49.7 Å². The van der Waals surface area contributed by atoms with Crippen LogP contribution >= 0.6 is 0 Å². The number of carbonyl (C=O) groups is 4. The van der Waals surface area contributed by atoms with Gasteiger partial charge in [-0.2, -0.15) is 0 Å². The van der Waals surface area contributed by atoms with Gasteiger partial charge in [-0.1, -0.05) is 0 Å². The fourth-order valence-electron chi connectivity index (χ4n) is 1.75. The molecular weight excluding hydrogens is 294 g/mol. The summed E-state index contributed by atoms with van der Waals surface area (Å²) in [6, 6.07) is -1.54. The highest BCUT2D eigenvalue weighted by atomic mass is 16.6. The topological polar surface area (TPSA) is 108 Å². The summed E-state index contributed by atoms with van der Waals surface area (Å²) in [5.41, 5.74) is -2.04. The Labute approximate surface area is 129 Å². The molecule has 0 radical (unpaired) electrons. The highest BCUT2D eigenvalue weighted by Crippen LogP contribution is 2.27. The maximum Gasteiger partial charge on any atom is 0.330 e. The van der Waals surface area contributed by atoms with Crippen molar-refractivity contribution in [1.82, 2.24) is 5.32 Å². The molecule has 1 N–H and O–H groups in total. The summed E-state index contributed by atoms with van der Waals surface area (Å²) in [6.07, 6.45) is 0. The van der Waals surface area contributed by atoms with Crippen LogP contribution in [0, 0.1) is 5.41 Å². The van der Waals surface area contributed by atoms with Crippen LogP contribution in [0.1, 0.15) is 34.6 Å². The Morgan fingerprint density at radius 3 is 1.64 bits per heavy atom. The van der Waals surface area contributed by atoms with Gasteiger partial charge in [-0.05, 0) is 27.7 Å². The van der Waals surface area contributed by atoms with E-state index in [1.54, 1.807) is 20.8 Å². The molecule has 8 nitrogen and oxygen atoms in total. The van der Waals surface area contributed by atoms with Crippen LogP contribution in [0.2, 0.25) is 0 Å². The summed E-state index contributed by atoms with van der Waals surface area (Å²) in [5, 5.41) is 2.27.